The van der Waals surface area contributed by atoms with E-state index in [-0.39, 0.29) is 22.4 Å². The van der Waals surface area contributed by atoms with Crippen molar-refractivity contribution in [2.45, 2.75) is 25.8 Å². The number of alkyl halides is 4. The summed E-state index contributed by atoms with van der Waals surface area (Å²) in [6, 6.07) is 3.76. The Labute approximate surface area is 110 Å². The lowest BCUT2D eigenvalue weighted by Crippen LogP contribution is -2.32. The highest BCUT2D eigenvalue weighted by atomic mass is 19.3. The van der Waals surface area contributed by atoms with Gasteiger partial charge in [0.15, 0.2) is 0 Å². The van der Waals surface area contributed by atoms with Gasteiger partial charge in [-0.15, -0.1) is 0 Å². The number of hydrogen-bond donors (Lipinski definition) is 1. The van der Waals surface area contributed by atoms with Gasteiger partial charge in [0, 0.05) is 0 Å². The van der Waals surface area contributed by atoms with Crippen LogP contribution in [0.15, 0.2) is 18.2 Å². The number of fused-ring (bicyclic) bond motifs is 1. The number of aromatic nitrogens is 2. The number of rotatable bonds is 4. The molecule has 2 aromatic rings. The first kappa shape index (κ1) is 14.3. The molecule has 0 fully saturated rings. The third kappa shape index (κ3) is 2.45. The first-order valence-corrected chi connectivity index (χ1v) is 5.58. The fourth-order valence-electron chi connectivity index (χ4n) is 1.86. The minimum Gasteiger partial charge on any atom is -0.478 e. The van der Waals surface area contributed by atoms with Gasteiger partial charge >= 0.3 is 18.3 Å². The van der Waals surface area contributed by atoms with Crippen molar-refractivity contribution >= 4 is 17.0 Å². The largest absolute Gasteiger partial charge is 0.478 e. The van der Waals surface area contributed by atoms with Crippen molar-refractivity contribution in [1.29, 1.82) is 0 Å². The van der Waals surface area contributed by atoms with Crippen LogP contribution >= 0.6 is 0 Å². The maximum atomic E-state index is 13.2. The molecule has 1 aromatic carbocycles. The monoisotopic (exact) mass is 290 g/mol. The number of carboxylic acid groups (broad SMARTS) is 1. The van der Waals surface area contributed by atoms with Crippen molar-refractivity contribution in [2.75, 3.05) is 0 Å². The van der Waals surface area contributed by atoms with Gasteiger partial charge in [-0.05, 0) is 25.1 Å². The molecule has 20 heavy (non-hydrogen) atoms. The molecule has 4 nitrogen and oxygen atoms in total. The highest BCUT2D eigenvalue weighted by Crippen LogP contribution is 2.28. The molecule has 0 aliphatic carbocycles. The summed E-state index contributed by atoms with van der Waals surface area (Å²) in [7, 11) is 0. The van der Waals surface area contributed by atoms with Crippen LogP contribution in [0.25, 0.3) is 11.0 Å². The fraction of sp³-hybridized carbons (Fsp3) is 0.333. The van der Waals surface area contributed by atoms with Crippen LogP contribution in [0.1, 0.15) is 16.2 Å². The van der Waals surface area contributed by atoms with Gasteiger partial charge in [0.25, 0.3) is 0 Å². The lowest BCUT2D eigenvalue weighted by molar-refractivity contribution is -0.137. The number of nitrogens with zero attached hydrogens (tertiary/aromatic N) is 2. The van der Waals surface area contributed by atoms with E-state index in [2.05, 4.69) is 4.98 Å². The average Bonchev–Trinajstić information content (AvgIpc) is 2.64. The van der Waals surface area contributed by atoms with Gasteiger partial charge in [-0.25, -0.2) is 18.6 Å². The zero-order valence-electron chi connectivity index (χ0n) is 10.3. The molecule has 0 atom stereocenters. The summed E-state index contributed by atoms with van der Waals surface area (Å²) in [6.07, 6.45) is -3.80. The summed E-state index contributed by atoms with van der Waals surface area (Å²) < 4.78 is 51.8. The second-order valence-corrected chi connectivity index (χ2v) is 4.32. The Balaban J connectivity index is 2.54. The van der Waals surface area contributed by atoms with E-state index in [4.69, 9.17) is 5.11 Å². The zero-order valence-corrected chi connectivity index (χ0v) is 10.3. The lowest BCUT2D eigenvalue weighted by Gasteiger charge is -2.17. The standard InChI is InChI=1S/C12H10F4N2O2/c1-6-17-8-3-2-7(10(19)20)4-9(8)18(6)5-12(15,16)11(13)14/h2-4,11H,5H2,1H3,(H,19,20). The van der Waals surface area contributed by atoms with Crippen LogP contribution in [0.4, 0.5) is 17.6 Å². The first-order chi connectivity index (χ1) is 9.22. The van der Waals surface area contributed by atoms with Crippen molar-refractivity contribution in [2.24, 2.45) is 0 Å². The molecular weight excluding hydrogens is 280 g/mol. The minimum atomic E-state index is -4.21. The molecule has 0 saturated carbocycles. The number of halogens is 4. The number of aromatic carboxylic acids is 1. The molecule has 108 valence electrons. The smallest absolute Gasteiger partial charge is 0.335 e. The minimum absolute atomic E-state index is 0.0859. The molecule has 1 aromatic heterocycles. The first-order valence-electron chi connectivity index (χ1n) is 5.58. The highest BCUT2D eigenvalue weighted by molar-refractivity contribution is 5.92. The third-order valence-electron chi connectivity index (χ3n) is 2.87. The van der Waals surface area contributed by atoms with Crippen molar-refractivity contribution in [3.05, 3.63) is 29.6 Å². The predicted octanol–water partition coefficient (Wildman–Crippen LogP) is 2.94. The topological polar surface area (TPSA) is 55.1 Å². The van der Waals surface area contributed by atoms with Gasteiger partial charge in [0.2, 0.25) is 0 Å². The number of imidazole rings is 1. The van der Waals surface area contributed by atoms with E-state index in [0.717, 1.165) is 10.6 Å². The van der Waals surface area contributed by atoms with Crippen molar-refractivity contribution < 1.29 is 27.5 Å². The summed E-state index contributed by atoms with van der Waals surface area (Å²) >= 11 is 0. The lowest BCUT2D eigenvalue weighted by atomic mass is 10.2. The number of carboxylic acids is 1. The van der Waals surface area contributed by atoms with Crippen molar-refractivity contribution in [1.82, 2.24) is 9.55 Å². The molecule has 0 unspecified atom stereocenters. The maximum absolute atomic E-state index is 13.2. The number of benzene rings is 1. The fourth-order valence-corrected chi connectivity index (χ4v) is 1.86. The van der Waals surface area contributed by atoms with E-state index in [9.17, 15) is 22.4 Å². The van der Waals surface area contributed by atoms with Crippen LogP contribution in [0.5, 0.6) is 0 Å². The van der Waals surface area contributed by atoms with Gasteiger partial charge in [0.05, 0.1) is 23.1 Å². The Morgan fingerprint density at radius 1 is 1.45 bits per heavy atom. The van der Waals surface area contributed by atoms with E-state index in [1.165, 1.54) is 19.1 Å². The summed E-state index contributed by atoms with van der Waals surface area (Å²) in [6.45, 7) is 0.137. The van der Waals surface area contributed by atoms with Crippen LogP contribution in [0.3, 0.4) is 0 Å². The Bertz CT molecular complexity index is 667. The van der Waals surface area contributed by atoms with E-state index in [0.29, 0.717) is 0 Å². The quantitative estimate of drug-likeness (QED) is 0.881. The second-order valence-electron chi connectivity index (χ2n) is 4.32. The van der Waals surface area contributed by atoms with Gasteiger partial charge in [-0.2, -0.15) is 8.78 Å². The Morgan fingerprint density at radius 3 is 2.65 bits per heavy atom. The highest BCUT2D eigenvalue weighted by Gasteiger charge is 2.41. The SMILES string of the molecule is Cc1nc2ccc(C(=O)O)cc2n1CC(F)(F)C(F)F. The number of hydrogen-bond acceptors (Lipinski definition) is 2. The molecular formula is C12H10F4N2O2. The molecule has 0 aliphatic heterocycles. The van der Waals surface area contributed by atoms with Gasteiger partial charge in [-0.1, -0.05) is 0 Å². The summed E-state index contributed by atoms with van der Waals surface area (Å²) in [5, 5.41) is 8.86. The van der Waals surface area contributed by atoms with E-state index >= 15 is 0 Å². The van der Waals surface area contributed by atoms with Gasteiger partial charge in [0.1, 0.15) is 5.82 Å². The third-order valence-corrected chi connectivity index (χ3v) is 2.87. The summed E-state index contributed by atoms with van der Waals surface area (Å²) in [5.74, 6) is -5.33. The predicted molar refractivity (Wildman–Crippen MR) is 62.4 cm³/mol. The van der Waals surface area contributed by atoms with Crippen LogP contribution < -0.4 is 0 Å². The van der Waals surface area contributed by atoms with Crippen LogP contribution in [0, 0.1) is 6.92 Å². The number of aryl methyl sites for hydroxylation is 1. The normalized spacial score (nSPS) is 12.3. The average molecular weight is 290 g/mol. The molecule has 1 heterocycles. The second kappa shape index (κ2) is 4.77. The molecule has 8 heteroatoms. The molecule has 0 saturated heterocycles. The zero-order chi connectivity index (χ0) is 15.1. The van der Waals surface area contributed by atoms with Crippen LogP contribution in [-0.4, -0.2) is 33.0 Å². The molecule has 0 amide bonds. The van der Waals surface area contributed by atoms with Crippen molar-refractivity contribution in [3.63, 3.8) is 0 Å². The van der Waals surface area contributed by atoms with Crippen LogP contribution in [-0.2, 0) is 6.54 Å². The van der Waals surface area contributed by atoms with E-state index < -0.39 is 24.9 Å². The van der Waals surface area contributed by atoms with Gasteiger partial charge < -0.3 is 9.67 Å². The number of carbonyl (C=O) groups is 1. The molecule has 0 aliphatic rings. The Kier molecular flexibility index (Phi) is 3.41. The molecule has 0 radical (unpaired) electrons. The van der Waals surface area contributed by atoms with Crippen LogP contribution in [0.2, 0.25) is 0 Å². The van der Waals surface area contributed by atoms with E-state index in [1.807, 2.05) is 0 Å². The molecule has 1 N–H and O–H groups in total. The van der Waals surface area contributed by atoms with Crippen molar-refractivity contribution in [3.8, 4) is 0 Å². The summed E-state index contributed by atoms with van der Waals surface area (Å²) in [5.41, 5.74) is 0.235. The molecule has 2 rings (SSSR count). The summed E-state index contributed by atoms with van der Waals surface area (Å²) in [4.78, 5) is 14.8. The van der Waals surface area contributed by atoms with Gasteiger partial charge in [-0.3, -0.25) is 0 Å². The Hall–Kier alpha value is -2.12. The Morgan fingerprint density at radius 2 is 2.10 bits per heavy atom. The maximum Gasteiger partial charge on any atom is 0.335 e. The van der Waals surface area contributed by atoms with E-state index in [1.54, 1.807) is 0 Å². The molecule has 0 spiro atoms. The molecule has 0 bridgehead atoms.